The standard InChI is InChI=1S/C15H20I2O5/c1-3-10(18)7-21-14-12(5-9(16)6-13(14)17)15(20)22-8-11(19)4-2/h5-6,10-11,18-19H,3-4,7-8H2,1-2H3. The summed E-state index contributed by atoms with van der Waals surface area (Å²) in [7, 11) is 0. The number of benzene rings is 1. The second-order valence-electron chi connectivity index (χ2n) is 4.80. The van der Waals surface area contributed by atoms with Gasteiger partial charge >= 0.3 is 5.97 Å². The summed E-state index contributed by atoms with van der Waals surface area (Å²) in [4.78, 5) is 12.2. The van der Waals surface area contributed by atoms with Crippen molar-refractivity contribution in [2.45, 2.75) is 38.9 Å². The van der Waals surface area contributed by atoms with E-state index < -0.39 is 18.2 Å². The Morgan fingerprint density at radius 2 is 1.73 bits per heavy atom. The van der Waals surface area contributed by atoms with Crippen molar-refractivity contribution in [1.29, 1.82) is 0 Å². The molecular weight excluding hydrogens is 514 g/mol. The smallest absolute Gasteiger partial charge is 0.342 e. The molecule has 5 nitrogen and oxygen atoms in total. The molecule has 0 aliphatic carbocycles. The van der Waals surface area contributed by atoms with E-state index in [9.17, 15) is 15.0 Å². The molecule has 0 heterocycles. The molecule has 0 amide bonds. The summed E-state index contributed by atoms with van der Waals surface area (Å²) >= 11 is 4.20. The molecule has 1 aromatic carbocycles. The first-order chi connectivity index (χ1) is 10.4. The third-order valence-electron chi connectivity index (χ3n) is 3.00. The topological polar surface area (TPSA) is 76.0 Å². The minimum absolute atomic E-state index is 0.0472. The average molecular weight is 534 g/mol. The second kappa shape index (κ2) is 9.89. The molecule has 0 aliphatic rings. The van der Waals surface area contributed by atoms with Crippen LogP contribution in [0.1, 0.15) is 37.0 Å². The lowest BCUT2D eigenvalue weighted by Gasteiger charge is -2.16. The first kappa shape index (κ1) is 19.9. The van der Waals surface area contributed by atoms with E-state index in [-0.39, 0.29) is 13.2 Å². The number of hydrogen-bond donors (Lipinski definition) is 2. The van der Waals surface area contributed by atoms with Gasteiger partial charge in [0.05, 0.1) is 15.8 Å². The quantitative estimate of drug-likeness (QED) is 0.397. The summed E-state index contributed by atoms with van der Waals surface area (Å²) in [5, 5.41) is 19.1. The molecule has 2 N–H and O–H groups in total. The molecule has 0 aliphatic heterocycles. The summed E-state index contributed by atoms with van der Waals surface area (Å²) in [6.07, 6.45) is -0.162. The van der Waals surface area contributed by atoms with Gasteiger partial charge in [-0.3, -0.25) is 0 Å². The van der Waals surface area contributed by atoms with E-state index in [0.29, 0.717) is 24.2 Å². The van der Waals surface area contributed by atoms with Crippen LogP contribution >= 0.6 is 45.2 Å². The molecule has 1 aromatic rings. The van der Waals surface area contributed by atoms with E-state index in [1.54, 1.807) is 6.07 Å². The first-order valence-electron chi connectivity index (χ1n) is 7.04. The number of carbonyl (C=O) groups is 1. The molecule has 0 spiro atoms. The molecule has 22 heavy (non-hydrogen) atoms. The third-order valence-corrected chi connectivity index (χ3v) is 4.42. The van der Waals surface area contributed by atoms with Crippen LogP contribution in [-0.2, 0) is 4.74 Å². The number of aliphatic hydroxyl groups excluding tert-OH is 2. The zero-order chi connectivity index (χ0) is 16.7. The molecule has 0 bridgehead atoms. The number of esters is 1. The van der Waals surface area contributed by atoms with E-state index in [1.807, 2.05) is 19.9 Å². The van der Waals surface area contributed by atoms with Crippen LogP contribution in [0, 0.1) is 7.14 Å². The summed E-state index contributed by atoms with van der Waals surface area (Å²) < 4.78 is 12.4. The van der Waals surface area contributed by atoms with Crippen LogP contribution in [0.25, 0.3) is 0 Å². The molecule has 0 radical (unpaired) electrons. The van der Waals surface area contributed by atoms with E-state index in [0.717, 1.165) is 7.14 Å². The van der Waals surface area contributed by atoms with Gasteiger partial charge in [-0.15, -0.1) is 0 Å². The van der Waals surface area contributed by atoms with Crippen molar-refractivity contribution in [1.82, 2.24) is 0 Å². The summed E-state index contributed by atoms with van der Waals surface area (Å²) in [6, 6.07) is 3.56. The zero-order valence-electron chi connectivity index (χ0n) is 12.5. The van der Waals surface area contributed by atoms with Crippen LogP contribution in [0.4, 0.5) is 0 Å². The minimum Gasteiger partial charge on any atom is -0.489 e. The van der Waals surface area contributed by atoms with Crippen LogP contribution in [0.5, 0.6) is 5.75 Å². The van der Waals surface area contributed by atoms with Gasteiger partial charge in [-0.25, -0.2) is 4.79 Å². The van der Waals surface area contributed by atoms with Gasteiger partial charge < -0.3 is 19.7 Å². The number of halogens is 2. The normalized spacial score (nSPS) is 13.5. The van der Waals surface area contributed by atoms with Crippen LogP contribution in [0.3, 0.4) is 0 Å². The Morgan fingerprint density at radius 1 is 1.14 bits per heavy atom. The fourth-order valence-electron chi connectivity index (χ4n) is 1.52. The van der Waals surface area contributed by atoms with Crippen molar-refractivity contribution in [2.24, 2.45) is 0 Å². The van der Waals surface area contributed by atoms with Crippen molar-refractivity contribution < 1.29 is 24.5 Å². The molecule has 0 saturated heterocycles. The predicted octanol–water partition coefficient (Wildman–Crippen LogP) is 2.97. The number of hydrogen-bond acceptors (Lipinski definition) is 5. The Hall–Kier alpha value is -0.130. The molecule has 1 rings (SSSR count). The van der Waals surface area contributed by atoms with Crippen molar-refractivity contribution in [2.75, 3.05) is 13.2 Å². The Bertz CT molecular complexity index is 507. The molecular formula is C15H20I2O5. The third kappa shape index (κ3) is 6.17. The molecule has 0 fully saturated rings. The number of carbonyl (C=O) groups excluding carboxylic acids is 1. The van der Waals surface area contributed by atoms with Gasteiger partial charge in [-0.1, -0.05) is 13.8 Å². The summed E-state index contributed by atoms with van der Waals surface area (Å²) in [5.74, 6) is -0.130. The van der Waals surface area contributed by atoms with Gasteiger partial charge in [-0.2, -0.15) is 0 Å². The van der Waals surface area contributed by atoms with Gasteiger partial charge in [0.15, 0.2) is 0 Å². The van der Waals surface area contributed by atoms with Crippen molar-refractivity contribution in [3.8, 4) is 5.75 Å². The highest BCUT2D eigenvalue weighted by molar-refractivity contribution is 14.1. The maximum absolute atomic E-state index is 12.2. The largest absolute Gasteiger partial charge is 0.489 e. The van der Waals surface area contributed by atoms with Crippen molar-refractivity contribution in [3.63, 3.8) is 0 Å². The molecule has 2 unspecified atom stereocenters. The van der Waals surface area contributed by atoms with Crippen LogP contribution in [0.2, 0.25) is 0 Å². The minimum atomic E-state index is -0.669. The lowest BCUT2D eigenvalue weighted by molar-refractivity contribution is 0.0243. The van der Waals surface area contributed by atoms with Crippen molar-refractivity contribution in [3.05, 3.63) is 24.8 Å². The molecule has 2 atom stereocenters. The Kier molecular flexibility index (Phi) is 8.95. The molecule has 0 aromatic heterocycles. The molecule has 124 valence electrons. The Labute approximate surface area is 157 Å². The summed E-state index contributed by atoms with van der Waals surface area (Å²) in [6.45, 7) is 3.74. The van der Waals surface area contributed by atoms with E-state index >= 15 is 0 Å². The lowest BCUT2D eigenvalue weighted by atomic mass is 10.2. The fraction of sp³-hybridized carbons (Fsp3) is 0.533. The maximum atomic E-state index is 12.2. The van der Waals surface area contributed by atoms with Gasteiger partial charge in [0, 0.05) is 3.57 Å². The molecule has 7 heteroatoms. The highest BCUT2D eigenvalue weighted by Crippen LogP contribution is 2.29. The zero-order valence-corrected chi connectivity index (χ0v) is 16.8. The maximum Gasteiger partial charge on any atom is 0.342 e. The van der Waals surface area contributed by atoms with Crippen LogP contribution < -0.4 is 4.74 Å². The highest BCUT2D eigenvalue weighted by Gasteiger charge is 2.20. The van der Waals surface area contributed by atoms with Crippen LogP contribution in [0.15, 0.2) is 12.1 Å². The van der Waals surface area contributed by atoms with Gasteiger partial charge in [0.1, 0.15) is 24.5 Å². The monoisotopic (exact) mass is 534 g/mol. The van der Waals surface area contributed by atoms with E-state index in [4.69, 9.17) is 9.47 Å². The summed E-state index contributed by atoms with van der Waals surface area (Å²) in [5.41, 5.74) is 0.308. The van der Waals surface area contributed by atoms with Gasteiger partial charge in [0.25, 0.3) is 0 Å². The van der Waals surface area contributed by atoms with E-state index in [2.05, 4.69) is 45.2 Å². The first-order valence-corrected chi connectivity index (χ1v) is 9.19. The Balaban J connectivity index is 2.93. The average Bonchev–Trinajstić information content (AvgIpc) is 2.50. The lowest BCUT2D eigenvalue weighted by Crippen LogP contribution is -2.20. The number of rotatable bonds is 8. The van der Waals surface area contributed by atoms with Gasteiger partial charge in [0.2, 0.25) is 0 Å². The van der Waals surface area contributed by atoms with Crippen molar-refractivity contribution >= 4 is 51.2 Å². The van der Waals surface area contributed by atoms with Gasteiger partial charge in [-0.05, 0) is 70.2 Å². The Morgan fingerprint density at radius 3 is 2.32 bits per heavy atom. The fourth-order valence-corrected chi connectivity index (χ4v) is 3.52. The predicted molar refractivity (Wildman–Crippen MR) is 100 cm³/mol. The SMILES string of the molecule is CCC(O)COC(=O)c1cc(I)cc(I)c1OCC(O)CC. The number of ether oxygens (including phenoxy) is 2. The van der Waals surface area contributed by atoms with E-state index in [1.165, 1.54) is 0 Å². The van der Waals surface area contributed by atoms with Crippen LogP contribution in [-0.4, -0.2) is 41.6 Å². The molecule has 0 saturated carbocycles. The second-order valence-corrected chi connectivity index (χ2v) is 7.21. The highest BCUT2D eigenvalue weighted by atomic mass is 127. The number of aliphatic hydroxyl groups is 2.